The maximum absolute atomic E-state index is 12.7. The van der Waals surface area contributed by atoms with Crippen molar-refractivity contribution >= 4 is 0 Å². The van der Waals surface area contributed by atoms with Gasteiger partial charge in [0.1, 0.15) is 11.5 Å². The average Bonchev–Trinajstić information content (AvgIpc) is 2.84. The van der Waals surface area contributed by atoms with Gasteiger partial charge in [-0.2, -0.15) is 0 Å². The molecule has 2 aromatic heterocycles. The van der Waals surface area contributed by atoms with Gasteiger partial charge in [0.05, 0.1) is 6.20 Å². The van der Waals surface area contributed by atoms with E-state index >= 15 is 0 Å². The summed E-state index contributed by atoms with van der Waals surface area (Å²) in [4.78, 5) is 3.90. The summed E-state index contributed by atoms with van der Waals surface area (Å²) in [5.41, 5.74) is 0.487. The summed E-state index contributed by atoms with van der Waals surface area (Å²) >= 11 is 0. The SMILES string of the molecule is CC(C)NCCCc1nnc(-c2ccc(F)cn2)o1. The summed E-state index contributed by atoms with van der Waals surface area (Å²) in [5, 5.41) is 11.2. The second-order valence-corrected chi connectivity index (χ2v) is 4.57. The first-order valence-corrected chi connectivity index (χ1v) is 6.33. The molecule has 5 nitrogen and oxygen atoms in total. The highest BCUT2D eigenvalue weighted by atomic mass is 19.1. The largest absolute Gasteiger partial charge is 0.419 e. The predicted octanol–water partition coefficient (Wildman–Crippen LogP) is 2.20. The molecule has 0 saturated carbocycles. The Bertz CT molecular complexity index is 510. The molecule has 0 unspecified atom stereocenters. The van der Waals surface area contributed by atoms with Gasteiger partial charge in [0.2, 0.25) is 5.89 Å². The molecule has 1 N–H and O–H groups in total. The van der Waals surface area contributed by atoms with Crippen LogP contribution in [0.4, 0.5) is 4.39 Å². The van der Waals surface area contributed by atoms with Gasteiger partial charge in [-0.05, 0) is 25.1 Å². The molecule has 0 bridgehead atoms. The summed E-state index contributed by atoms with van der Waals surface area (Å²) in [6.07, 6.45) is 2.77. The van der Waals surface area contributed by atoms with Crippen molar-refractivity contribution in [2.24, 2.45) is 0 Å². The summed E-state index contributed by atoms with van der Waals surface area (Å²) in [7, 11) is 0. The summed E-state index contributed by atoms with van der Waals surface area (Å²) in [6, 6.07) is 3.31. The number of aryl methyl sites for hydroxylation is 1. The standard InChI is InChI=1S/C13H17FN4O/c1-9(2)15-7-3-4-12-17-18-13(19-12)11-6-5-10(14)8-16-11/h5-6,8-9,15H,3-4,7H2,1-2H3. The lowest BCUT2D eigenvalue weighted by Crippen LogP contribution is -2.23. The average molecular weight is 264 g/mol. The van der Waals surface area contributed by atoms with Crippen molar-refractivity contribution in [3.63, 3.8) is 0 Å². The zero-order valence-electron chi connectivity index (χ0n) is 11.1. The van der Waals surface area contributed by atoms with Gasteiger partial charge in [0.15, 0.2) is 0 Å². The van der Waals surface area contributed by atoms with Crippen LogP contribution in [0.25, 0.3) is 11.6 Å². The van der Waals surface area contributed by atoms with Crippen LogP contribution in [0.1, 0.15) is 26.2 Å². The number of nitrogens with zero attached hydrogens (tertiary/aromatic N) is 3. The predicted molar refractivity (Wildman–Crippen MR) is 68.9 cm³/mol. The highest BCUT2D eigenvalue weighted by Crippen LogP contribution is 2.15. The van der Waals surface area contributed by atoms with Crippen LogP contribution in [-0.2, 0) is 6.42 Å². The molecule has 2 aromatic rings. The van der Waals surface area contributed by atoms with E-state index in [1.807, 2.05) is 0 Å². The highest BCUT2D eigenvalue weighted by Gasteiger charge is 2.09. The molecule has 0 aliphatic carbocycles. The normalized spacial score (nSPS) is 11.2. The minimum atomic E-state index is -0.386. The molecule has 102 valence electrons. The maximum Gasteiger partial charge on any atom is 0.266 e. The Kier molecular flexibility index (Phi) is 4.57. The third-order valence-electron chi connectivity index (χ3n) is 2.53. The molecule has 0 saturated heterocycles. The lowest BCUT2D eigenvalue weighted by Gasteiger charge is -2.05. The molecule has 19 heavy (non-hydrogen) atoms. The molecule has 6 heteroatoms. The van der Waals surface area contributed by atoms with Gasteiger partial charge >= 0.3 is 0 Å². The van der Waals surface area contributed by atoms with Crippen molar-refractivity contribution in [1.82, 2.24) is 20.5 Å². The van der Waals surface area contributed by atoms with Crippen LogP contribution in [0.3, 0.4) is 0 Å². The first kappa shape index (κ1) is 13.6. The molecule has 0 atom stereocenters. The minimum Gasteiger partial charge on any atom is -0.419 e. The van der Waals surface area contributed by atoms with Crippen LogP contribution in [0.5, 0.6) is 0 Å². The Morgan fingerprint density at radius 3 is 2.84 bits per heavy atom. The van der Waals surface area contributed by atoms with E-state index < -0.39 is 0 Å². The molecular formula is C13H17FN4O. The summed E-state index contributed by atoms with van der Waals surface area (Å²) in [6.45, 7) is 5.11. The summed E-state index contributed by atoms with van der Waals surface area (Å²) in [5.74, 6) is 0.516. The molecular weight excluding hydrogens is 247 g/mol. The molecule has 0 amide bonds. The number of hydrogen-bond acceptors (Lipinski definition) is 5. The molecule has 2 heterocycles. The number of hydrogen-bond donors (Lipinski definition) is 1. The van der Waals surface area contributed by atoms with E-state index in [4.69, 9.17) is 4.42 Å². The van der Waals surface area contributed by atoms with E-state index in [-0.39, 0.29) is 5.82 Å². The number of rotatable bonds is 6. The van der Waals surface area contributed by atoms with Gasteiger partial charge in [0.25, 0.3) is 5.89 Å². The summed E-state index contributed by atoms with van der Waals surface area (Å²) < 4.78 is 18.2. The van der Waals surface area contributed by atoms with E-state index in [1.54, 1.807) is 0 Å². The van der Waals surface area contributed by atoms with Crippen molar-refractivity contribution < 1.29 is 8.81 Å². The quantitative estimate of drug-likeness (QED) is 0.810. The van der Waals surface area contributed by atoms with Crippen LogP contribution in [0.2, 0.25) is 0 Å². The van der Waals surface area contributed by atoms with Crippen molar-refractivity contribution in [3.05, 3.63) is 30.0 Å². The van der Waals surface area contributed by atoms with Gasteiger partial charge in [0, 0.05) is 12.5 Å². The fourth-order valence-electron chi connectivity index (χ4n) is 1.59. The van der Waals surface area contributed by atoms with Crippen molar-refractivity contribution in [2.75, 3.05) is 6.54 Å². The fraction of sp³-hybridized carbons (Fsp3) is 0.462. The van der Waals surface area contributed by atoms with E-state index in [9.17, 15) is 4.39 Å². The Hall–Kier alpha value is -1.82. The molecule has 0 fully saturated rings. The lowest BCUT2D eigenvalue weighted by atomic mass is 10.3. The molecule has 0 aliphatic rings. The van der Waals surface area contributed by atoms with E-state index in [2.05, 4.69) is 34.3 Å². The van der Waals surface area contributed by atoms with Gasteiger partial charge in [-0.15, -0.1) is 10.2 Å². The lowest BCUT2D eigenvalue weighted by molar-refractivity contribution is 0.483. The van der Waals surface area contributed by atoms with Crippen LogP contribution in [0.15, 0.2) is 22.7 Å². The van der Waals surface area contributed by atoms with Crippen LogP contribution in [-0.4, -0.2) is 27.8 Å². The first-order chi connectivity index (χ1) is 9.15. The maximum atomic E-state index is 12.7. The number of pyridine rings is 1. The Morgan fingerprint density at radius 2 is 2.16 bits per heavy atom. The second kappa shape index (κ2) is 6.38. The van der Waals surface area contributed by atoms with Gasteiger partial charge in [-0.25, -0.2) is 9.37 Å². The Labute approximate surface area is 111 Å². The number of nitrogens with one attached hydrogen (secondary N) is 1. The Balaban J connectivity index is 1.90. The van der Waals surface area contributed by atoms with Gasteiger partial charge < -0.3 is 9.73 Å². The van der Waals surface area contributed by atoms with Crippen LogP contribution < -0.4 is 5.32 Å². The molecule has 0 radical (unpaired) electrons. The Morgan fingerprint density at radius 1 is 1.32 bits per heavy atom. The van der Waals surface area contributed by atoms with Crippen molar-refractivity contribution in [1.29, 1.82) is 0 Å². The fourth-order valence-corrected chi connectivity index (χ4v) is 1.59. The third-order valence-corrected chi connectivity index (χ3v) is 2.53. The zero-order chi connectivity index (χ0) is 13.7. The van der Waals surface area contributed by atoms with Gasteiger partial charge in [-0.3, -0.25) is 0 Å². The topological polar surface area (TPSA) is 63.8 Å². The van der Waals surface area contributed by atoms with E-state index in [0.29, 0.717) is 29.9 Å². The zero-order valence-corrected chi connectivity index (χ0v) is 11.1. The number of halogens is 1. The van der Waals surface area contributed by atoms with Gasteiger partial charge in [-0.1, -0.05) is 13.8 Å². The minimum absolute atomic E-state index is 0.326. The smallest absolute Gasteiger partial charge is 0.266 e. The van der Waals surface area contributed by atoms with Crippen LogP contribution >= 0.6 is 0 Å². The molecule has 2 rings (SSSR count). The molecule has 0 spiro atoms. The molecule has 0 aliphatic heterocycles. The third kappa shape index (κ3) is 4.10. The van der Waals surface area contributed by atoms with Crippen molar-refractivity contribution in [3.8, 4) is 11.6 Å². The first-order valence-electron chi connectivity index (χ1n) is 6.33. The highest BCUT2D eigenvalue weighted by molar-refractivity contribution is 5.45. The number of aromatic nitrogens is 3. The van der Waals surface area contributed by atoms with E-state index in [0.717, 1.165) is 19.2 Å². The molecule has 0 aromatic carbocycles. The second-order valence-electron chi connectivity index (χ2n) is 4.57. The van der Waals surface area contributed by atoms with Crippen LogP contribution in [0, 0.1) is 5.82 Å². The monoisotopic (exact) mass is 264 g/mol. The van der Waals surface area contributed by atoms with E-state index in [1.165, 1.54) is 12.1 Å². The van der Waals surface area contributed by atoms with Crippen molar-refractivity contribution in [2.45, 2.75) is 32.7 Å².